The highest BCUT2D eigenvalue weighted by molar-refractivity contribution is 5.93. The highest BCUT2D eigenvalue weighted by Crippen LogP contribution is 2.04. The van der Waals surface area contributed by atoms with E-state index in [1.165, 1.54) is 0 Å². The second-order valence-corrected chi connectivity index (χ2v) is 5.32. The minimum absolute atomic E-state index is 0.0880. The van der Waals surface area contributed by atoms with Crippen molar-refractivity contribution in [2.75, 3.05) is 6.54 Å². The minimum Gasteiger partial charge on any atom is -0.352 e. The minimum atomic E-state index is -0.0880. The Morgan fingerprint density at radius 3 is 2.87 bits per heavy atom. The lowest BCUT2D eigenvalue weighted by Gasteiger charge is -2.04. The van der Waals surface area contributed by atoms with Crippen molar-refractivity contribution in [3.8, 4) is 0 Å². The van der Waals surface area contributed by atoms with Crippen LogP contribution in [-0.4, -0.2) is 31.8 Å². The van der Waals surface area contributed by atoms with Gasteiger partial charge in [0.25, 0.3) is 5.91 Å². The van der Waals surface area contributed by atoms with E-state index in [0.29, 0.717) is 18.7 Å². The lowest BCUT2D eigenvalue weighted by atomic mass is 10.2. The fraction of sp³-hybridized carbons (Fsp3) is 0.235. The number of carbonyl (C=O) groups excluding carboxylic acids is 1. The molecule has 1 amide bonds. The molecule has 2 heterocycles. The third-order valence-electron chi connectivity index (χ3n) is 3.52. The quantitative estimate of drug-likeness (QED) is 0.678. The SMILES string of the molecule is O=C(NCCCn1ccnc1)c1cnn(Cc2ccccc2)c1. The first-order valence-corrected chi connectivity index (χ1v) is 7.61. The van der Waals surface area contributed by atoms with Crippen LogP contribution >= 0.6 is 0 Å². The molecular weight excluding hydrogens is 290 g/mol. The van der Waals surface area contributed by atoms with Crippen molar-refractivity contribution < 1.29 is 4.79 Å². The Kier molecular flexibility index (Phi) is 4.83. The molecule has 0 bridgehead atoms. The first-order chi connectivity index (χ1) is 11.3. The maximum Gasteiger partial charge on any atom is 0.254 e. The highest BCUT2D eigenvalue weighted by Gasteiger charge is 2.08. The Balaban J connectivity index is 1.46. The standard InChI is InChI=1S/C17H19N5O/c23-17(19-7-4-9-21-10-8-18-14-21)16-11-20-22(13-16)12-15-5-2-1-3-6-15/h1-3,5-6,8,10-11,13-14H,4,7,9,12H2,(H,19,23). The zero-order chi connectivity index (χ0) is 15.9. The summed E-state index contributed by atoms with van der Waals surface area (Å²) in [5, 5.41) is 7.16. The van der Waals surface area contributed by atoms with Gasteiger partial charge in [-0.15, -0.1) is 0 Å². The van der Waals surface area contributed by atoms with E-state index in [1.807, 2.05) is 41.1 Å². The number of aryl methyl sites for hydroxylation is 1. The largest absolute Gasteiger partial charge is 0.352 e. The average Bonchev–Trinajstić information content (AvgIpc) is 3.24. The van der Waals surface area contributed by atoms with Crippen LogP contribution in [0.4, 0.5) is 0 Å². The number of aromatic nitrogens is 4. The van der Waals surface area contributed by atoms with Gasteiger partial charge in [-0.2, -0.15) is 5.10 Å². The molecule has 0 spiro atoms. The van der Waals surface area contributed by atoms with Crippen LogP contribution in [0.25, 0.3) is 0 Å². The Morgan fingerprint density at radius 1 is 1.22 bits per heavy atom. The van der Waals surface area contributed by atoms with E-state index in [2.05, 4.69) is 15.4 Å². The van der Waals surface area contributed by atoms with Crippen molar-refractivity contribution >= 4 is 5.91 Å². The third kappa shape index (κ3) is 4.29. The van der Waals surface area contributed by atoms with Crippen LogP contribution in [0, 0.1) is 0 Å². The molecule has 0 saturated heterocycles. The number of amides is 1. The zero-order valence-electron chi connectivity index (χ0n) is 12.8. The van der Waals surface area contributed by atoms with Gasteiger partial charge >= 0.3 is 0 Å². The molecule has 0 aliphatic rings. The first-order valence-electron chi connectivity index (χ1n) is 7.61. The van der Waals surface area contributed by atoms with Crippen LogP contribution < -0.4 is 5.32 Å². The highest BCUT2D eigenvalue weighted by atomic mass is 16.1. The topological polar surface area (TPSA) is 64.7 Å². The van der Waals surface area contributed by atoms with E-state index >= 15 is 0 Å². The molecule has 0 unspecified atom stereocenters. The number of hydrogen-bond acceptors (Lipinski definition) is 3. The lowest BCUT2D eigenvalue weighted by Crippen LogP contribution is -2.24. The molecule has 0 atom stereocenters. The number of rotatable bonds is 7. The fourth-order valence-corrected chi connectivity index (χ4v) is 2.32. The third-order valence-corrected chi connectivity index (χ3v) is 3.52. The van der Waals surface area contributed by atoms with Gasteiger partial charge < -0.3 is 9.88 Å². The second-order valence-electron chi connectivity index (χ2n) is 5.32. The van der Waals surface area contributed by atoms with Gasteiger partial charge in [0.1, 0.15) is 0 Å². The Labute approximate surface area is 134 Å². The second kappa shape index (κ2) is 7.40. The monoisotopic (exact) mass is 309 g/mol. The van der Waals surface area contributed by atoms with Gasteiger partial charge in [0.05, 0.1) is 24.6 Å². The first kappa shape index (κ1) is 15.0. The summed E-state index contributed by atoms with van der Waals surface area (Å²) < 4.78 is 3.76. The van der Waals surface area contributed by atoms with Crippen LogP contribution in [0.3, 0.4) is 0 Å². The molecular formula is C17H19N5O. The summed E-state index contributed by atoms with van der Waals surface area (Å²) in [6, 6.07) is 10.0. The van der Waals surface area contributed by atoms with Crippen LogP contribution in [0.5, 0.6) is 0 Å². The molecule has 6 nitrogen and oxygen atoms in total. The van der Waals surface area contributed by atoms with Crippen molar-refractivity contribution in [1.29, 1.82) is 0 Å². The molecule has 118 valence electrons. The van der Waals surface area contributed by atoms with E-state index in [4.69, 9.17) is 0 Å². The van der Waals surface area contributed by atoms with E-state index in [-0.39, 0.29) is 5.91 Å². The van der Waals surface area contributed by atoms with Crippen LogP contribution in [-0.2, 0) is 13.1 Å². The smallest absolute Gasteiger partial charge is 0.254 e. The molecule has 23 heavy (non-hydrogen) atoms. The Hall–Kier alpha value is -2.89. The number of benzene rings is 1. The molecule has 0 aliphatic heterocycles. The van der Waals surface area contributed by atoms with Gasteiger partial charge in [0, 0.05) is 31.7 Å². The summed E-state index contributed by atoms with van der Waals surface area (Å²) in [6.45, 7) is 2.13. The van der Waals surface area contributed by atoms with Crippen molar-refractivity contribution in [3.05, 3.63) is 72.6 Å². The molecule has 0 aliphatic carbocycles. The van der Waals surface area contributed by atoms with Crippen LogP contribution in [0.1, 0.15) is 22.3 Å². The Bertz CT molecular complexity index is 733. The lowest BCUT2D eigenvalue weighted by molar-refractivity contribution is 0.0952. The maximum atomic E-state index is 12.1. The molecule has 6 heteroatoms. The van der Waals surface area contributed by atoms with Gasteiger partial charge in [-0.25, -0.2) is 4.98 Å². The van der Waals surface area contributed by atoms with E-state index in [0.717, 1.165) is 18.5 Å². The van der Waals surface area contributed by atoms with E-state index in [9.17, 15) is 4.79 Å². The summed E-state index contributed by atoms with van der Waals surface area (Å²) in [4.78, 5) is 16.1. The maximum absolute atomic E-state index is 12.1. The van der Waals surface area contributed by atoms with Gasteiger partial charge in [-0.3, -0.25) is 9.48 Å². The molecule has 3 rings (SSSR count). The predicted octanol–water partition coefficient (Wildman–Crippen LogP) is 1.95. The summed E-state index contributed by atoms with van der Waals surface area (Å²) >= 11 is 0. The van der Waals surface area contributed by atoms with E-state index < -0.39 is 0 Å². The molecule has 3 aromatic rings. The van der Waals surface area contributed by atoms with Crippen LogP contribution in [0.15, 0.2) is 61.4 Å². The molecule has 0 saturated carbocycles. The van der Waals surface area contributed by atoms with Crippen LogP contribution in [0.2, 0.25) is 0 Å². The normalized spacial score (nSPS) is 10.6. The van der Waals surface area contributed by atoms with E-state index in [1.54, 1.807) is 29.6 Å². The van der Waals surface area contributed by atoms with Crippen molar-refractivity contribution in [2.24, 2.45) is 0 Å². The summed E-state index contributed by atoms with van der Waals surface area (Å²) in [6.07, 6.45) is 9.68. The van der Waals surface area contributed by atoms with Gasteiger partial charge in [-0.1, -0.05) is 30.3 Å². The zero-order valence-corrected chi connectivity index (χ0v) is 12.8. The predicted molar refractivity (Wildman–Crippen MR) is 86.9 cm³/mol. The number of carbonyl (C=O) groups is 1. The summed E-state index contributed by atoms with van der Waals surface area (Å²) in [5.74, 6) is -0.0880. The molecule has 2 aromatic heterocycles. The van der Waals surface area contributed by atoms with Crippen molar-refractivity contribution in [2.45, 2.75) is 19.5 Å². The number of imidazole rings is 1. The Morgan fingerprint density at radius 2 is 2.09 bits per heavy atom. The van der Waals surface area contributed by atoms with Gasteiger partial charge in [-0.05, 0) is 12.0 Å². The molecule has 0 fully saturated rings. The molecule has 0 radical (unpaired) electrons. The summed E-state index contributed by atoms with van der Waals surface area (Å²) in [7, 11) is 0. The number of hydrogen-bond donors (Lipinski definition) is 1. The van der Waals surface area contributed by atoms with Gasteiger partial charge in [0.2, 0.25) is 0 Å². The molecule has 1 aromatic carbocycles. The average molecular weight is 309 g/mol. The van der Waals surface area contributed by atoms with Gasteiger partial charge in [0.15, 0.2) is 0 Å². The number of nitrogens with zero attached hydrogens (tertiary/aromatic N) is 4. The number of nitrogens with one attached hydrogen (secondary N) is 1. The van der Waals surface area contributed by atoms with Crippen molar-refractivity contribution in [3.63, 3.8) is 0 Å². The summed E-state index contributed by atoms with van der Waals surface area (Å²) in [5.41, 5.74) is 1.74. The molecule has 1 N–H and O–H groups in total. The van der Waals surface area contributed by atoms with Crippen molar-refractivity contribution in [1.82, 2.24) is 24.6 Å². The fourth-order valence-electron chi connectivity index (χ4n) is 2.32.